The molecule has 11 heteroatoms. The standard InChI is InChI=1S/C14H10ClN5O2S3/c15-14-19-13(20-24-14)10-3-4-11(23-10)25(21,22)18-7-8-6-17-12-9(8)2-1-5-16-12/h1-6,18H,7H2,(H,16,17). The first kappa shape index (κ1) is 16.6. The maximum absolute atomic E-state index is 12.5. The number of pyridine rings is 1. The van der Waals surface area contributed by atoms with Gasteiger partial charge in [0.15, 0.2) is 5.82 Å². The number of nitrogens with one attached hydrogen (secondary N) is 2. The molecule has 0 aromatic carbocycles. The van der Waals surface area contributed by atoms with Gasteiger partial charge in [-0.1, -0.05) is 0 Å². The first-order valence-electron chi connectivity index (χ1n) is 7.03. The second kappa shape index (κ2) is 6.46. The fraction of sp³-hybridized carbons (Fsp3) is 0.0714. The zero-order valence-electron chi connectivity index (χ0n) is 12.4. The molecule has 0 spiro atoms. The van der Waals surface area contributed by atoms with Crippen LogP contribution in [0.15, 0.2) is 40.9 Å². The van der Waals surface area contributed by atoms with E-state index in [-0.39, 0.29) is 10.8 Å². The average molecular weight is 412 g/mol. The van der Waals surface area contributed by atoms with Crippen LogP contribution in [0.5, 0.6) is 0 Å². The number of fused-ring (bicyclic) bond motifs is 1. The third-order valence-electron chi connectivity index (χ3n) is 3.46. The molecule has 0 fully saturated rings. The van der Waals surface area contributed by atoms with Gasteiger partial charge >= 0.3 is 0 Å². The summed E-state index contributed by atoms with van der Waals surface area (Å²) in [6.45, 7) is 0.169. The van der Waals surface area contributed by atoms with E-state index in [1.54, 1.807) is 18.5 Å². The van der Waals surface area contributed by atoms with Crippen molar-refractivity contribution in [2.45, 2.75) is 10.8 Å². The van der Waals surface area contributed by atoms with E-state index in [9.17, 15) is 8.42 Å². The molecule has 0 aliphatic heterocycles. The highest BCUT2D eigenvalue weighted by Crippen LogP contribution is 2.30. The van der Waals surface area contributed by atoms with Gasteiger partial charge in [-0.25, -0.2) is 23.1 Å². The van der Waals surface area contributed by atoms with E-state index in [1.165, 1.54) is 6.07 Å². The lowest BCUT2D eigenvalue weighted by atomic mass is 10.2. The van der Waals surface area contributed by atoms with Crippen molar-refractivity contribution in [2.75, 3.05) is 0 Å². The van der Waals surface area contributed by atoms with E-state index < -0.39 is 10.0 Å². The van der Waals surface area contributed by atoms with Crippen molar-refractivity contribution in [2.24, 2.45) is 0 Å². The van der Waals surface area contributed by atoms with Crippen LogP contribution < -0.4 is 4.72 Å². The monoisotopic (exact) mass is 411 g/mol. The number of rotatable bonds is 5. The van der Waals surface area contributed by atoms with E-state index in [2.05, 4.69) is 24.0 Å². The van der Waals surface area contributed by atoms with Crippen molar-refractivity contribution in [3.8, 4) is 10.7 Å². The summed E-state index contributed by atoms with van der Waals surface area (Å²) < 4.78 is 32.3. The van der Waals surface area contributed by atoms with E-state index in [1.807, 2.05) is 12.1 Å². The number of halogens is 1. The maximum Gasteiger partial charge on any atom is 0.250 e. The molecule has 128 valence electrons. The molecule has 25 heavy (non-hydrogen) atoms. The number of thiophene rings is 1. The second-order valence-electron chi connectivity index (χ2n) is 5.03. The summed E-state index contributed by atoms with van der Waals surface area (Å²) in [6, 6.07) is 6.91. The van der Waals surface area contributed by atoms with Crippen LogP contribution in [0.4, 0.5) is 0 Å². The van der Waals surface area contributed by atoms with Crippen LogP contribution >= 0.6 is 34.5 Å². The molecule has 0 aliphatic rings. The minimum Gasteiger partial charge on any atom is -0.346 e. The first-order valence-corrected chi connectivity index (χ1v) is 10.5. The summed E-state index contributed by atoms with van der Waals surface area (Å²) in [5, 5.41) is 0.887. The third kappa shape index (κ3) is 3.31. The van der Waals surface area contributed by atoms with Gasteiger partial charge in [0.1, 0.15) is 9.86 Å². The minimum absolute atomic E-state index is 0.169. The molecule has 4 aromatic heterocycles. The van der Waals surface area contributed by atoms with Crippen molar-refractivity contribution in [3.05, 3.63) is 46.7 Å². The number of nitrogens with zero attached hydrogens (tertiary/aromatic N) is 3. The number of H-pyrrole nitrogens is 1. The van der Waals surface area contributed by atoms with Crippen LogP contribution in [0.25, 0.3) is 21.7 Å². The molecular formula is C14H10ClN5O2S3. The lowest BCUT2D eigenvalue weighted by molar-refractivity contribution is 0.583. The van der Waals surface area contributed by atoms with Gasteiger partial charge in [0, 0.05) is 24.3 Å². The Bertz CT molecular complexity index is 1150. The fourth-order valence-electron chi connectivity index (χ4n) is 2.29. The molecule has 0 saturated carbocycles. The molecule has 0 bridgehead atoms. The Kier molecular flexibility index (Phi) is 4.29. The molecule has 0 amide bonds. The quantitative estimate of drug-likeness (QED) is 0.524. The average Bonchev–Trinajstić information content (AvgIpc) is 3.32. The predicted octanol–water partition coefficient (Wildman–Crippen LogP) is 3.27. The van der Waals surface area contributed by atoms with Crippen LogP contribution in [-0.4, -0.2) is 27.7 Å². The molecular weight excluding hydrogens is 402 g/mol. The molecule has 0 unspecified atom stereocenters. The number of aromatic nitrogens is 4. The second-order valence-corrected chi connectivity index (χ2v) is 9.44. The third-order valence-corrected chi connectivity index (χ3v) is 7.23. The maximum atomic E-state index is 12.5. The number of hydrogen-bond donors (Lipinski definition) is 2. The van der Waals surface area contributed by atoms with E-state index in [4.69, 9.17) is 11.6 Å². The van der Waals surface area contributed by atoms with E-state index in [0.717, 1.165) is 39.5 Å². The van der Waals surface area contributed by atoms with Gasteiger partial charge in [-0.15, -0.1) is 11.3 Å². The Hall–Kier alpha value is -1.85. The zero-order chi connectivity index (χ0) is 17.4. The Morgan fingerprint density at radius 1 is 1.28 bits per heavy atom. The van der Waals surface area contributed by atoms with Gasteiger partial charge in [0.25, 0.3) is 0 Å². The van der Waals surface area contributed by atoms with E-state index in [0.29, 0.717) is 15.2 Å². The molecule has 0 aliphatic carbocycles. The summed E-state index contributed by atoms with van der Waals surface area (Å²) in [4.78, 5) is 11.9. The van der Waals surface area contributed by atoms with Crippen LogP contribution in [-0.2, 0) is 16.6 Å². The van der Waals surface area contributed by atoms with Crippen LogP contribution in [0.1, 0.15) is 5.56 Å². The number of aromatic amines is 1. The van der Waals surface area contributed by atoms with Crippen LogP contribution in [0.2, 0.25) is 4.47 Å². The highest BCUT2D eigenvalue weighted by atomic mass is 35.5. The molecule has 4 heterocycles. The number of sulfonamides is 1. The van der Waals surface area contributed by atoms with Gasteiger partial charge in [-0.2, -0.15) is 4.37 Å². The van der Waals surface area contributed by atoms with Gasteiger partial charge in [0.05, 0.1) is 4.88 Å². The molecule has 4 aromatic rings. The van der Waals surface area contributed by atoms with Gasteiger partial charge < -0.3 is 4.98 Å². The first-order chi connectivity index (χ1) is 12.0. The molecule has 4 rings (SSSR count). The van der Waals surface area contributed by atoms with Crippen molar-refractivity contribution >= 4 is 55.5 Å². The van der Waals surface area contributed by atoms with Gasteiger partial charge in [0.2, 0.25) is 14.5 Å². The van der Waals surface area contributed by atoms with Crippen molar-refractivity contribution in [1.82, 2.24) is 24.0 Å². The lowest BCUT2D eigenvalue weighted by Crippen LogP contribution is -2.22. The summed E-state index contributed by atoms with van der Waals surface area (Å²) in [6.07, 6.45) is 3.43. The summed E-state index contributed by atoms with van der Waals surface area (Å²) in [5.41, 5.74) is 1.55. The summed E-state index contributed by atoms with van der Waals surface area (Å²) in [7, 11) is -3.64. The number of hydrogen-bond acceptors (Lipinski definition) is 7. The SMILES string of the molecule is O=S(=O)(NCc1c[nH]c2ncccc12)c1ccc(-c2nsc(Cl)n2)s1. The largest absolute Gasteiger partial charge is 0.346 e. The van der Waals surface area contributed by atoms with Gasteiger partial charge in [-0.3, -0.25) is 0 Å². The molecule has 0 radical (unpaired) electrons. The Morgan fingerprint density at radius 3 is 2.96 bits per heavy atom. The molecule has 7 nitrogen and oxygen atoms in total. The molecule has 2 N–H and O–H groups in total. The van der Waals surface area contributed by atoms with E-state index >= 15 is 0 Å². The summed E-state index contributed by atoms with van der Waals surface area (Å²) >= 11 is 7.93. The van der Waals surface area contributed by atoms with Crippen LogP contribution in [0, 0.1) is 0 Å². The normalized spacial score (nSPS) is 12.0. The minimum atomic E-state index is -3.64. The Morgan fingerprint density at radius 2 is 2.16 bits per heavy atom. The predicted molar refractivity (Wildman–Crippen MR) is 98.4 cm³/mol. The Balaban J connectivity index is 1.55. The smallest absolute Gasteiger partial charge is 0.250 e. The topological polar surface area (TPSA) is 101 Å². The molecule has 0 atom stereocenters. The lowest BCUT2D eigenvalue weighted by Gasteiger charge is -2.03. The highest BCUT2D eigenvalue weighted by molar-refractivity contribution is 7.91. The Labute approximate surface area is 155 Å². The summed E-state index contributed by atoms with van der Waals surface area (Å²) in [5.74, 6) is 0.434. The van der Waals surface area contributed by atoms with Gasteiger partial charge in [-0.05, 0) is 53.0 Å². The molecule has 0 saturated heterocycles. The van der Waals surface area contributed by atoms with Crippen molar-refractivity contribution in [1.29, 1.82) is 0 Å². The fourth-order valence-corrected chi connectivity index (χ4v) is 5.25. The van der Waals surface area contributed by atoms with Crippen LogP contribution in [0.3, 0.4) is 0 Å². The highest BCUT2D eigenvalue weighted by Gasteiger charge is 2.19. The zero-order valence-corrected chi connectivity index (χ0v) is 15.6. The van der Waals surface area contributed by atoms with Crippen molar-refractivity contribution in [3.63, 3.8) is 0 Å². The van der Waals surface area contributed by atoms with Crippen molar-refractivity contribution < 1.29 is 8.42 Å².